The summed E-state index contributed by atoms with van der Waals surface area (Å²) in [5.41, 5.74) is 4.33. The van der Waals surface area contributed by atoms with Gasteiger partial charge in [-0.2, -0.15) is 0 Å². The largest absolute Gasteiger partial charge is 0.357 e. The number of anilines is 1. The zero-order valence-corrected chi connectivity index (χ0v) is 25.3. The van der Waals surface area contributed by atoms with Gasteiger partial charge in [-0.1, -0.05) is 64.5 Å². The van der Waals surface area contributed by atoms with Crippen LogP contribution in [-0.4, -0.2) is 51.0 Å². The molecule has 0 saturated heterocycles. The van der Waals surface area contributed by atoms with Crippen LogP contribution in [0.5, 0.6) is 0 Å². The number of nitrogens with one attached hydrogen (secondary N) is 1. The Morgan fingerprint density at radius 3 is 2.15 bits per heavy atom. The van der Waals surface area contributed by atoms with E-state index in [1.807, 2.05) is 86.6 Å². The molecule has 0 heterocycles. The van der Waals surface area contributed by atoms with Gasteiger partial charge in [0.2, 0.25) is 21.8 Å². The monoisotopic (exact) mass is 613 g/mol. The molecule has 3 rings (SSSR count). The minimum atomic E-state index is -3.56. The molecule has 0 aromatic heterocycles. The summed E-state index contributed by atoms with van der Waals surface area (Å²) >= 11 is 3.49. The van der Waals surface area contributed by atoms with Crippen LogP contribution >= 0.6 is 15.9 Å². The maximum absolute atomic E-state index is 13.7. The molecule has 39 heavy (non-hydrogen) atoms. The Kier molecular flexibility index (Phi) is 10.7. The first kappa shape index (κ1) is 30.4. The van der Waals surface area contributed by atoms with Crippen molar-refractivity contribution in [2.45, 2.75) is 45.7 Å². The summed E-state index contributed by atoms with van der Waals surface area (Å²) in [6.45, 7) is 4.25. The highest BCUT2D eigenvalue weighted by atomic mass is 79.9. The lowest BCUT2D eigenvalue weighted by molar-refractivity contribution is -0.141. The number of benzene rings is 3. The fourth-order valence-corrected chi connectivity index (χ4v) is 6.05. The minimum absolute atomic E-state index is 0.0904. The van der Waals surface area contributed by atoms with Crippen molar-refractivity contribution >= 4 is 43.5 Å². The van der Waals surface area contributed by atoms with Gasteiger partial charge in [-0.05, 0) is 66.8 Å². The Balaban J connectivity index is 1.86. The van der Waals surface area contributed by atoms with Crippen LogP contribution in [0.3, 0.4) is 0 Å². The Hall–Kier alpha value is -3.17. The van der Waals surface area contributed by atoms with E-state index >= 15 is 0 Å². The van der Waals surface area contributed by atoms with E-state index < -0.39 is 16.1 Å². The standard InChI is InChI=1S/C30H36BrN3O4S/c1-22-16-23(2)18-27(17-22)34(39(4,37)38)15-9-14-29(35)33(21-25-12-8-13-26(31)19-25)28(30(36)32-3)20-24-10-6-5-7-11-24/h5-8,10-13,16-19,28H,9,14-15,20-21H2,1-4H3,(H,32,36)/t28-/m0/s1. The summed E-state index contributed by atoms with van der Waals surface area (Å²) in [5.74, 6) is -0.469. The van der Waals surface area contributed by atoms with E-state index in [4.69, 9.17) is 0 Å². The number of halogens is 1. The van der Waals surface area contributed by atoms with Gasteiger partial charge >= 0.3 is 0 Å². The van der Waals surface area contributed by atoms with Gasteiger partial charge in [0.05, 0.1) is 11.9 Å². The normalized spacial score (nSPS) is 12.0. The second-order valence-electron chi connectivity index (χ2n) is 9.76. The highest BCUT2D eigenvalue weighted by Crippen LogP contribution is 2.23. The maximum Gasteiger partial charge on any atom is 0.242 e. The van der Waals surface area contributed by atoms with E-state index in [2.05, 4.69) is 21.2 Å². The topological polar surface area (TPSA) is 86.8 Å². The van der Waals surface area contributed by atoms with Gasteiger partial charge in [0, 0.05) is 37.5 Å². The SMILES string of the molecule is CNC(=O)[C@H](Cc1ccccc1)N(Cc1cccc(Br)c1)C(=O)CCCN(c1cc(C)cc(C)c1)S(C)(=O)=O. The van der Waals surface area contributed by atoms with Gasteiger partial charge in [0.25, 0.3) is 0 Å². The quantitative estimate of drug-likeness (QED) is 0.311. The summed E-state index contributed by atoms with van der Waals surface area (Å²) in [7, 11) is -1.99. The number of hydrogen-bond acceptors (Lipinski definition) is 4. The Morgan fingerprint density at radius 1 is 0.923 bits per heavy atom. The van der Waals surface area contributed by atoms with Gasteiger partial charge in [-0.15, -0.1) is 0 Å². The number of amides is 2. The predicted molar refractivity (Wildman–Crippen MR) is 160 cm³/mol. The highest BCUT2D eigenvalue weighted by Gasteiger charge is 2.30. The number of sulfonamides is 1. The number of likely N-dealkylation sites (N-methyl/N-ethyl adjacent to an activating group) is 1. The summed E-state index contributed by atoms with van der Waals surface area (Å²) in [6.07, 6.45) is 1.93. The van der Waals surface area contributed by atoms with Gasteiger partial charge in [-0.25, -0.2) is 8.42 Å². The van der Waals surface area contributed by atoms with Crippen molar-refractivity contribution in [3.8, 4) is 0 Å². The summed E-state index contributed by atoms with van der Waals surface area (Å²) in [6, 6.07) is 22.2. The van der Waals surface area contributed by atoms with E-state index in [0.29, 0.717) is 18.5 Å². The molecule has 0 spiro atoms. The van der Waals surface area contributed by atoms with Crippen molar-refractivity contribution in [3.05, 3.63) is 99.5 Å². The van der Waals surface area contributed by atoms with E-state index in [9.17, 15) is 18.0 Å². The summed E-state index contributed by atoms with van der Waals surface area (Å²) in [5, 5.41) is 2.71. The van der Waals surface area contributed by atoms with Crippen LogP contribution in [0.25, 0.3) is 0 Å². The molecule has 0 fully saturated rings. The first-order chi connectivity index (χ1) is 18.5. The summed E-state index contributed by atoms with van der Waals surface area (Å²) in [4.78, 5) is 28.4. The lowest BCUT2D eigenvalue weighted by Crippen LogP contribution is -2.49. The van der Waals surface area contributed by atoms with Crippen molar-refractivity contribution in [2.24, 2.45) is 0 Å². The first-order valence-corrected chi connectivity index (χ1v) is 15.5. The van der Waals surface area contributed by atoms with Crippen LogP contribution < -0.4 is 9.62 Å². The molecule has 3 aromatic rings. The van der Waals surface area contributed by atoms with E-state index in [1.54, 1.807) is 11.9 Å². The molecule has 208 valence electrons. The summed E-state index contributed by atoms with van der Waals surface area (Å²) < 4.78 is 27.5. The molecule has 0 bridgehead atoms. The van der Waals surface area contributed by atoms with Crippen LogP contribution in [0, 0.1) is 13.8 Å². The third kappa shape index (κ3) is 8.93. The smallest absolute Gasteiger partial charge is 0.242 e. The molecule has 0 aliphatic heterocycles. The molecule has 7 nitrogen and oxygen atoms in total. The Morgan fingerprint density at radius 2 is 1.56 bits per heavy atom. The minimum Gasteiger partial charge on any atom is -0.357 e. The molecular weight excluding hydrogens is 578 g/mol. The molecule has 0 aliphatic rings. The average molecular weight is 615 g/mol. The molecule has 1 atom stereocenters. The predicted octanol–water partition coefficient (Wildman–Crippen LogP) is 5.00. The first-order valence-electron chi connectivity index (χ1n) is 12.8. The molecule has 9 heteroatoms. The van der Waals surface area contributed by atoms with Crippen molar-refractivity contribution in [1.82, 2.24) is 10.2 Å². The lowest BCUT2D eigenvalue weighted by atomic mass is 10.0. The molecule has 2 amide bonds. The fourth-order valence-electron chi connectivity index (χ4n) is 4.65. The number of carbonyl (C=O) groups excluding carboxylic acids is 2. The van der Waals surface area contributed by atoms with Gasteiger partial charge < -0.3 is 10.2 Å². The zero-order valence-electron chi connectivity index (χ0n) is 22.9. The molecule has 3 aromatic carbocycles. The Bertz CT molecular complexity index is 1380. The zero-order chi connectivity index (χ0) is 28.6. The molecule has 0 radical (unpaired) electrons. The number of rotatable bonds is 12. The van der Waals surface area contributed by atoms with E-state index in [1.165, 1.54) is 10.6 Å². The number of aryl methyl sites for hydroxylation is 2. The second-order valence-corrected chi connectivity index (χ2v) is 12.6. The van der Waals surface area contributed by atoms with Crippen LogP contribution in [0.15, 0.2) is 77.3 Å². The molecular formula is C30H36BrN3O4S. The molecule has 1 N–H and O–H groups in total. The fraction of sp³-hybridized carbons (Fsp3) is 0.333. The van der Waals surface area contributed by atoms with E-state index in [0.717, 1.165) is 26.7 Å². The number of carbonyl (C=O) groups is 2. The third-order valence-electron chi connectivity index (χ3n) is 6.41. The maximum atomic E-state index is 13.7. The highest BCUT2D eigenvalue weighted by molar-refractivity contribution is 9.10. The number of hydrogen-bond donors (Lipinski definition) is 1. The van der Waals surface area contributed by atoms with Crippen LogP contribution in [0.2, 0.25) is 0 Å². The van der Waals surface area contributed by atoms with Crippen LogP contribution in [0.1, 0.15) is 35.1 Å². The van der Waals surface area contributed by atoms with Crippen molar-refractivity contribution in [2.75, 3.05) is 24.2 Å². The van der Waals surface area contributed by atoms with E-state index in [-0.39, 0.29) is 31.3 Å². The second kappa shape index (κ2) is 13.8. The number of nitrogens with zero attached hydrogens (tertiary/aromatic N) is 2. The van der Waals surface area contributed by atoms with Crippen molar-refractivity contribution in [1.29, 1.82) is 0 Å². The van der Waals surface area contributed by atoms with Crippen LogP contribution in [-0.2, 0) is 32.6 Å². The van der Waals surface area contributed by atoms with Gasteiger partial charge in [0.15, 0.2) is 0 Å². The van der Waals surface area contributed by atoms with Crippen LogP contribution in [0.4, 0.5) is 5.69 Å². The molecule has 0 saturated carbocycles. The van der Waals surface area contributed by atoms with Gasteiger partial charge in [0.1, 0.15) is 6.04 Å². The average Bonchev–Trinajstić information content (AvgIpc) is 2.87. The van der Waals surface area contributed by atoms with Crippen molar-refractivity contribution < 1.29 is 18.0 Å². The van der Waals surface area contributed by atoms with Gasteiger partial charge in [-0.3, -0.25) is 13.9 Å². The molecule has 0 unspecified atom stereocenters. The lowest BCUT2D eigenvalue weighted by Gasteiger charge is -2.31. The third-order valence-corrected chi connectivity index (χ3v) is 8.09. The van der Waals surface area contributed by atoms with Crippen molar-refractivity contribution in [3.63, 3.8) is 0 Å². The molecule has 0 aliphatic carbocycles. The Labute approximate surface area is 240 Å².